The van der Waals surface area contributed by atoms with Crippen molar-refractivity contribution in [3.8, 4) is 5.75 Å². The van der Waals surface area contributed by atoms with Gasteiger partial charge in [0.25, 0.3) is 11.8 Å². The number of nitrogens with zero attached hydrogens (tertiary/aromatic N) is 4. The molecule has 2 aliphatic rings. The number of ether oxygens (including phenoxy) is 1. The van der Waals surface area contributed by atoms with Crippen LogP contribution in [0.25, 0.3) is 0 Å². The van der Waals surface area contributed by atoms with Gasteiger partial charge in [0.05, 0.1) is 6.61 Å². The monoisotopic (exact) mass is 519 g/mol. The molecule has 3 aromatic rings. The SMILES string of the molecule is Cc1cc(NC(=O)c2c3c(cn2C)S(=O)(=O)NC2CN(C(=O)c4nonc4N)CC2CO3)ccc1F. The average molecular weight is 520 g/mol. The number of nitrogen functional groups attached to an aromatic ring is 1. The first-order valence-electron chi connectivity index (χ1n) is 10.8. The third-order valence-corrected chi connectivity index (χ3v) is 7.70. The van der Waals surface area contributed by atoms with Gasteiger partial charge in [0.2, 0.25) is 21.5 Å². The number of carbonyl (C=O) groups is 2. The maximum Gasteiger partial charge on any atom is 0.280 e. The van der Waals surface area contributed by atoms with Crippen LogP contribution in [0.15, 0.2) is 33.9 Å². The van der Waals surface area contributed by atoms with Crippen LogP contribution in [0.2, 0.25) is 0 Å². The predicted octanol–water partition coefficient (Wildman–Crippen LogP) is 0.502. The smallest absolute Gasteiger partial charge is 0.280 e. The number of carbonyl (C=O) groups excluding carboxylic acids is 2. The zero-order chi connectivity index (χ0) is 25.8. The lowest BCUT2D eigenvalue weighted by Crippen LogP contribution is -2.43. The summed E-state index contributed by atoms with van der Waals surface area (Å²) in [7, 11) is -2.60. The number of sulfonamides is 1. The summed E-state index contributed by atoms with van der Waals surface area (Å²) in [4.78, 5) is 27.0. The number of amides is 2. The Morgan fingerprint density at radius 1 is 1.28 bits per heavy atom. The minimum atomic E-state index is -4.12. The second-order valence-electron chi connectivity index (χ2n) is 8.71. The first-order valence-corrected chi connectivity index (χ1v) is 12.3. The number of halogens is 1. The van der Waals surface area contributed by atoms with E-state index >= 15 is 0 Å². The molecule has 0 spiro atoms. The normalized spacial score (nSPS) is 20.6. The summed E-state index contributed by atoms with van der Waals surface area (Å²) < 4.78 is 54.4. The second kappa shape index (κ2) is 8.60. The molecule has 36 heavy (non-hydrogen) atoms. The number of fused-ring (bicyclic) bond motifs is 2. The van der Waals surface area contributed by atoms with Gasteiger partial charge >= 0.3 is 0 Å². The van der Waals surface area contributed by atoms with Crippen LogP contribution in [0.5, 0.6) is 5.75 Å². The number of hydrogen-bond donors (Lipinski definition) is 3. The minimum absolute atomic E-state index is 0.0243. The average Bonchev–Trinajstić information content (AvgIpc) is 3.50. The van der Waals surface area contributed by atoms with Crippen LogP contribution in [0.1, 0.15) is 26.5 Å². The molecule has 4 heterocycles. The van der Waals surface area contributed by atoms with Crippen LogP contribution in [0.3, 0.4) is 0 Å². The second-order valence-corrected chi connectivity index (χ2v) is 10.4. The Morgan fingerprint density at radius 2 is 2.06 bits per heavy atom. The first kappa shape index (κ1) is 23.7. The highest BCUT2D eigenvalue weighted by molar-refractivity contribution is 7.89. The molecular formula is C21H22FN7O6S. The molecule has 1 fully saturated rings. The topological polar surface area (TPSA) is 175 Å². The summed E-state index contributed by atoms with van der Waals surface area (Å²) in [5, 5.41) is 9.56. The van der Waals surface area contributed by atoms with Crippen molar-refractivity contribution in [2.75, 3.05) is 30.7 Å². The number of aromatic nitrogens is 3. The van der Waals surface area contributed by atoms with Crippen molar-refractivity contribution < 1.29 is 31.8 Å². The minimum Gasteiger partial charge on any atom is -0.489 e. The zero-order valence-corrected chi connectivity index (χ0v) is 20.0. The lowest BCUT2D eigenvalue weighted by Gasteiger charge is -2.23. The number of aryl methyl sites for hydroxylation is 2. The van der Waals surface area contributed by atoms with Crippen LogP contribution in [-0.4, -0.2) is 65.8 Å². The summed E-state index contributed by atoms with van der Waals surface area (Å²) in [6, 6.07) is 3.44. The highest BCUT2D eigenvalue weighted by atomic mass is 32.2. The summed E-state index contributed by atoms with van der Waals surface area (Å²) in [6.07, 6.45) is 1.28. The van der Waals surface area contributed by atoms with Crippen LogP contribution >= 0.6 is 0 Å². The number of likely N-dealkylation sites (tertiary alicyclic amines) is 1. The molecule has 15 heteroatoms. The summed E-state index contributed by atoms with van der Waals surface area (Å²) in [5.41, 5.74) is 6.11. The third-order valence-electron chi connectivity index (χ3n) is 6.22. The number of rotatable bonds is 3. The largest absolute Gasteiger partial charge is 0.489 e. The van der Waals surface area contributed by atoms with Gasteiger partial charge in [0.1, 0.15) is 10.7 Å². The molecule has 2 amide bonds. The standard InChI is InChI=1S/C21H22FN7O6S/c1-10-5-12(3-4-13(10)22)24-20(30)17-18-15(8-28(17)2)36(32,33)27-14-7-29(6-11(14)9-34-18)21(31)16-19(23)26-35-25-16/h3-5,8,11,14,27H,6-7,9H2,1-2H3,(H2,23,26)(H,24,30). The van der Waals surface area contributed by atoms with Gasteiger partial charge in [-0.2, -0.15) is 0 Å². The number of benzene rings is 1. The molecule has 190 valence electrons. The summed E-state index contributed by atoms with van der Waals surface area (Å²) >= 11 is 0. The van der Waals surface area contributed by atoms with E-state index in [4.69, 9.17) is 10.5 Å². The highest BCUT2D eigenvalue weighted by Gasteiger charge is 2.43. The molecule has 2 aromatic heterocycles. The van der Waals surface area contributed by atoms with E-state index in [1.807, 2.05) is 0 Å². The zero-order valence-electron chi connectivity index (χ0n) is 19.2. The Morgan fingerprint density at radius 3 is 2.75 bits per heavy atom. The van der Waals surface area contributed by atoms with E-state index in [9.17, 15) is 22.4 Å². The predicted molar refractivity (Wildman–Crippen MR) is 122 cm³/mol. The van der Waals surface area contributed by atoms with E-state index in [2.05, 4.69) is 25.0 Å². The molecule has 1 saturated heterocycles. The van der Waals surface area contributed by atoms with Crippen LogP contribution < -0.4 is 20.5 Å². The van der Waals surface area contributed by atoms with Crippen molar-refractivity contribution in [2.45, 2.75) is 17.9 Å². The lowest BCUT2D eigenvalue weighted by atomic mass is 10.1. The Bertz CT molecular complexity index is 1480. The van der Waals surface area contributed by atoms with Crippen molar-refractivity contribution in [1.29, 1.82) is 0 Å². The van der Waals surface area contributed by atoms with Gasteiger partial charge in [-0.3, -0.25) is 9.59 Å². The van der Waals surface area contributed by atoms with Gasteiger partial charge in [0, 0.05) is 44.0 Å². The lowest BCUT2D eigenvalue weighted by molar-refractivity contribution is 0.0771. The van der Waals surface area contributed by atoms with Gasteiger partial charge in [-0.05, 0) is 41.0 Å². The quantitative estimate of drug-likeness (QED) is 0.445. The fourth-order valence-corrected chi connectivity index (χ4v) is 5.86. The highest BCUT2D eigenvalue weighted by Crippen LogP contribution is 2.35. The summed E-state index contributed by atoms with van der Waals surface area (Å²) in [6.45, 7) is 1.79. The Kier molecular flexibility index (Phi) is 5.67. The molecular weight excluding hydrogens is 497 g/mol. The maximum absolute atomic E-state index is 13.6. The van der Waals surface area contributed by atoms with E-state index in [-0.39, 0.29) is 47.5 Å². The number of hydrogen-bond acceptors (Lipinski definition) is 9. The molecule has 2 unspecified atom stereocenters. The van der Waals surface area contributed by atoms with Gasteiger partial charge in [0.15, 0.2) is 11.4 Å². The fraction of sp³-hybridized carbons (Fsp3) is 0.333. The molecule has 2 atom stereocenters. The van der Waals surface area contributed by atoms with E-state index in [1.54, 1.807) is 6.92 Å². The van der Waals surface area contributed by atoms with E-state index in [0.29, 0.717) is 11.3 Å². The molecule has 1 aromatic carbocycles. The van der Waals surface area contributed by atoms with Crippen LogP contribution in [0, 0.1) is 18.7 Å². The Labute approximate surface area is 204 Å². The Balaban J connectivity index is 1.41. The van der Waals surface area contributed by atoms with Crippen molar-refractivity contribution in [2.24, 2.45) is 13.0 Å². The van der Waals surface area contributed by atoms with Crippen molar-refractivity contribution in [1.82, 2.24) is 24.5 Å². The van der Waals surface area contributed by atoms with E-state index in [1.165, 1.54) is 40.9 Å². The van der Waals surface area contributed by atoms with Gasteiger partial charge in [-0.15, -0.1) is 0 Å². The van der Waals surface area contributed by atoms with E-state index < -0.39 is 39.6 Å². The molecule has 4 N–H and O–H groups in total. The van der Waals surface area contributed by atoms with Crippen LogP contribution in [0.4, 0.5) is 15.9 Å². The van der Waals surface area contributed by atoms with Gasteiger partial charge in [-0.25, -0.2) is 22.2 Å². The van der Waals surface area contributed by atoms with Gasteiger partial charge in [-0.1, -0.05) is 0 Å². The number of nitrogens with one attached hydrogen (secondary N) is 2. The van der Waals surface area contributed by atoms with Gasteiger partial charge < -0.3 is 25.3 Å². The molecule has 0 bridgehead atoms. The van der Waals surface area contributed by atoms with Crippen LogP contribution in [-0.2, 0) is 17.1 Å². The molecule has 0 saturated carbocycles. The number of anilines is 2. The fourth-order valence-electron chi connectivity index (χ4n) is 4.37. The summed E-state index contributed by atoms with van der Waals surface area (Å²) in [5.74, 6) is -2.30. The first-order chi connectivity index (χ1) is 17.0. The maximum atomic E-state index is 13.6. The van der Waals surface area contributed by atoms with E-state index in [0.717, 1.165) is 0 Å². The Hall–Kier alpha value is -3.98. The van der Waals surface area contributed by atoms with Crippen molar-refractivity contribution in [3.05, 3.63) is 47.2 Å². The molecule has 2 aliphatic heterocycles. The molecule has 5 rings (SSSR count). The number of nitrogens with two attached hydrogens (primary N) is 1. The molecule has 0 radical (unpaired) electrons. The van der Waals surface area contributed by atoms with Crippen molar-refractivity contribution in [3.63, 3.8) is 0 Å². The third kappa shape index (κ3) is 4.05. The molecule has 0 aliphatic carbocycles. The van der Waals surface area contributed by atoms with Crippen molar-refractivity contribution >= 4 is 33.3 Å². The molecule has 13 nitrogen and oxygen atoms in total.